The van der Waals surface area contributed by atoms with Crippen molar-refractivity contribution in [2.45, 2.75) is 50.7 Å². The Morgan fingerprint density at radius 3 is 2.52 bits per heavy atom. The predicted molar refractivity (Wildman–Crippen MR) is 98.9 cm³/mol. The molecule has 0 unspecified atom stereocenters. The van der Waals surface area contributed by atoms with Crippen molar-refractivity contribution in [1.82, 2.24) is 19.3 Å². The van der Waals surface area contributed by atoms with Gasteiger partial charge in [-0.05, 0) is 44.4 Å². The Kier molecular flexibility index (Phi) is 5.54. The van der Waals surface area contributed by atoms with Gasteiger partial charge in [-0.2, -0.15) is 23.3 Å². The fraction of sp³-hybridized carbons (Fsp3) is 0.737. The van der Waals surface area contributed by atoms with Gasteiger partial charge in [0.1, 0.15) is 5.39 Å². The molecule has 1 aliphatic heterocycles. The van der Waals surface area contributed by atoms with Crippen LogP contribution in [0.2, 0.25) is 0 Å². The van der Waals surface area contributed by atoms with E-state index in [4.69, 9.17) is 9.47 Å². The molecule has 1 saturated carbocycles. The largest absolute Gasteiger partial charge is 0.464 e. The third-order valence-corrected chi connectivity index (χ3v) is 6.09. The smallest absolute Gasteiger partial charge is 0.391 e. The summed E-state index contributed by atoms with van der Waals surface area (Å²) >= 11 is 0. The lowest BCUT2D eigenvalue weighted by atomic mass is 9.82. The van der Waals surface area contributed by atoms with E-state index in [-0.39, 0.29) is 43.0 Å². The Morgan fingerprint density at radius 1 is 1.17 bits per heavy atom. The van der Waals surface area contributed by atoms with Gasteiger partial charge in [0.2, 0.25) is 0 Å². The van der Waals surface area contributed by atoms with Crippen LogP contribution in [0.4, 0.5) is 13.2 Å². The van der Waals surface area contributed by atoms with Gasteiger partial charge in [0.15, 0.2) is 5.65 Å². The zero-order valence-corrected chi connectivity index (χ0v) is 16.3. The molecular weight excluding hydrogens is 389 g/mol. The van der Waals surface area contributed by atoms with Gasteiger partial charge in [-0.1, -0.05) is 0 Å². The first-order valence-corrected chi connectivity index (χ1v) is 10.1. The molecular formula is C19H25F3N4O3. The summed E-state index contributed by atoms with van der Waals surface area (Å²) in [6.07, 6.45) is 0.172. The standard InChI is InChI=1S/C19H25F3N4O3/c1-25-17(27)15-10-23-26(14-6-8-28-9-7-14)16(15)24-18(25)29-11-12-2-4-13(5-3-12)19(20,21)22/h10,12-14H,2-9,11H2,1H3/t12-,13-. The lowest BCUT2D eigenvalue weighted by Crippen LogP contribution is -2.30. The maximum atomic E-state index is 12.8. The molecule has 7 nitrogen and oxygen atoms in total. The third kappa shape index (κ3) is 4.12. The Morgan fingerprint density at radius 2 is 1.86 bits per heavy atom. The predicted octanol–water partition coefficient (Wildman–Crippen LogP) is 3.23. The second-order valence-corrected chi connectivity index (χ2v) is 8.00. The summed E-state index contributed by atoms with van der Waals surface area (Å²) in [5.41, 5.74) is 0.236. The van der Waals surface area contributed by atoms with Gasteiger partial charge in [0.25, 0.3) is 5.56 Å². The van der Waals surface area contributed by atoms with Crippen LogP contribution in [0.25, 0.3) is 11.0 Å². The van der Waals surface area contributed by atoms with Crippen LogP contribution in [0, 0.1) is 11.8 Å². The zero-order chi connectivity index (χ0) is 20.6. The summed E-state index contributed by atoms with van der Waals surface area (Å²) in [5, 5.41) is 4.79. The molecule has 1 aliphatic carbocycles. The summed E-state index contributed by atoms with van der Waals surface area (Å²) in [6.45, 7) is 1.53. The van der Waals surface area contributed by atoms with Crippen molar-refractivity contribution in [3.63, 3.8) is 0 Å². The minimum atomic E-state index is -4.12. The normalized spacial score (nSPS) is 24.1. The molecule has 2 aromatic heterocycles. The third-order valence-electron chi connectivity index (χ3n) is 6.09. The van der Waals surface area contributed by atoms with Crippen molar-refractivity contribution in [1.29, 1.82) is 0 Å². The maximum Gasteiger partial charge on any atom is 0.391 e. The van der Waals surface area contributed by atoms with Crippen LogP contribution < -0.4 is 10.3 Å². The van der Waals surface area contributed by atoms with Crippen LogP contribution in [0.3, 0.4) is 0 Å². The highest BCUT2D eigenvalue weighted by atomic mass is 19.4. The second-order valence-electron chi connectivity index (χ2n) is 8.00. The highest BCUT2D eigenvalue weighted by Crippen LogP contribution is 2.39. The number of halogens is 3. The van der Waals surface area contributed by atoms with E-state index in [0.717, 1.165) is 12.8 Å². The summed E-state index contributed by atoms with van der Waals surface area (Å²) in [6, 6.07) is 0.292. The van der Waals surface area contributed by atoms with E-state index in [0.29, 0.717) is 37.1 Å². The van der Waals surface area contributed by atoms with E-state index in [9.17, 15) is 18.0 Å². The van der Waals surface area contributed by atoms with E-state index >= 15 is 0 Å². The van der Waals surface area contributed by atoms with Crippen molar-refractivity contribution in [2.75, 3.05) is 19.8 Å². The lowest BCUT2D eigenvalue weighted by Gasteiger charge is -2.29. The number of aromatic nitrogens is 4. The number of hydrogen-bond acceptors (Lipinski definition) is 5. The highest BCUT2D eigenvalue weighted by molar-refractivity contribution is 5.73. The molecule has 2 fully saturated rings. The topological polar surface area (TPSA) is 71.2 Å². The fourth-order valence-electron chi connectivity index (χ4n) is 4.23. The number of fused-ring (bicyclic) bond motifs is 1. The zero-order valence-electron chi connectivity index (χ0n) is 16.3. The molecule has 0 atom stereocenters. The van der Waals surface area contributed by atoms with Crippen molar-refractivity contribution in [3.8, 4) is 6.01 Å². The Bertz CT molecular complexity index is 910. The fourth-order valence-corrected chi connectivity index (χ4v) is 4.23. The number of alkyl halides is 3. The summed E-state index contributed by atoms with van der Waals surface area (Å²) < 4.78 is 52.8. The molecule has 160 valence electrons. The number of rotatable bonds is 4. The molecule has 2 aliphatic rings. The molecule has 1 saturated heterocycles. The van der Waals surface area contributed by atoms with Gasteiger partial charge < -0.3 is 9.47 Å². The SMILES string of the molecule is Cn1c(OC[C@H]2CC[C@H](C(F)(F)F)CC2)nc2c(cnn2C2CCOCC2)c1=O. The van der Waals surface area contributed by atoms with Crippen LogP contribution in [-0.4, -0.2) is 45.3 Å². The van der Waals surface area contributed by atoms with E-state index in [1.165, 1.54) is 10.8 Å². The van der Waals surface area contributed by atoms with Gasteiger partial charge in [0, 0.05) is 20.3 Å². The molecule has 3 heterocycles. The molecule has 0 bridgehead atoms. The van der Waals surface area contributed by atoms with Crippen molar-refractivity contribution < 1.29 is 22.6 Å². The molecule has 29 heavy (non-hydrogen) atoms. The molecule has 4 rings (SSSR count). The maximum absolute atomic E-state index is 12.8. The van der Waals surface area contributed by atoms with Gasteiger partial charge in [0.05, 0.1) is 24.8 Å². The molecule has 0 N–H and O–H groups in total. The molecule has 0 spiro atoms. The van der Waals surface area contributed by atoms with E-state index in [1.807, 2.05) is 0 Å². The van der Waals surface area contributed by atoms with Crippen LogP contribution in [0.15, 0.2) is 11.0 Å². The number of ether oxygens (including phenoxy) is 2. The van der Waals surface area contributed by atoms with Crippen molar-refractivity contribution in [3.05, 3.63) is 16.6 Å². The monoisotopic (exact) mass is 414 g/mol. The van der Waals surface area contributed by atoms with Crippen molar-refractivity contribution >= 4 is 11.0 Å². The average molecular weight is 414 g/mol. The Balaban J connectivity index is 1.49. The molecule has 0 aromatic carbocycles. The lowest BCUT2D eigenvalue weighted by molar-refractivity contribution is -0.184. The Labute approximate surface area is 165 Å². The minimum Gasteiger partial charge on any atom is -0.464 e. The van der Waals surface area contributed by atoms with Crippen LogP contribution in [-0.2, 0) is 11.8 Å². The number of hydrogen-bond donors (Lipinski definition) is 0. The highest BCUT2D eigenvalue weighted by Gasteiger charge is 2.41. The van der Waals surface area contributed by atoms with Crippen LogP contribution in [0.1, 0.15) is 44.6 Å². The van der Waals surface area contributed by atoms with Gasteiger partial charge in [-0.3, -0.25) is 9.36 Å². The number of nitrogens with zero attached hydrogens (tertiary/aromatic N) is 4. The first-order chi connectivity index (χ1) is 13.8. The molecule has 0 radical (unpaired) electrons. The molecule has 0 amide bonds. The van der Waals surface area contributed by atoms with Gasteiger partial charge in [-0.15, -0.1) is 0 Å². The van der Waals surface area contributed by atoms with Crippen LogP contribution in [0.5, 0.6) is 6.01 Å². The summed E-state index contributed by atoms with van der Waals surface area (Å²) in [4.78, 5) is 17.2. The summed E-state index contributed by atoms with van der Waals surface area (Å²) in [7, 11) is 1.58. The first-order valence-electron chi connectivity index (χ1n) is 10.1. The van der Waals surface area contributed by atoms with Crippen LogP contribution >= 0.6 is 0 Å². The Hall–Kier alpha value is -2.10. The molecule has 10 heteroatoms. The quantitative estimate of drug-likeness (QED) is 0.768. The molecule has 2 aromatic rings. The van der Waals surface area contributed by atoms with Gasteiger partial charge >= 0.3 is 12.2 Å². The van der Waals surface area contributed by atoms with Crippen molar-refractivity contribution in [2.24, 2.45) is 18.9 Å². The minimum absolute atomic E-state index is 0.0293. The summed E-state index contributed by atoms with van der Waals surface area (Å²) in [5.74, 6) is -1.19. The van der Waals surface area contributed by atoms with E-state index in [1.54, 1.807) is 11.7 Å². The average Bonchev–Trinajstić information content (AvgIpc) is 3.14. The van der Waals surface area contributed by atoms with Gasteiger partial charge in [-0.25, -0.2) is 4.68 Å². The first kappa shape index (κ1) is 20.2. The van der Waals surface area contributed by atoms with E-state index in [2.05, 4.69) is 10.1 Å². The van der Waals surface area contributed by atoms with E-state index < -0.39 is 12.1 Å². The second kappa shape index (κ2) is 7.97.